The smallest absolute Gasteiger partial charge is 0.419 e. The van der Waals surface area contributed by atoms with Crippen LogP contribution in [0.25, 0.3) is 0 Å². The topological polar surface area (TPSA) is 35.2 Å². The minimum atomic E-state index is -4.43. The van der Waals surface area contributed by atoms with Crippen molar-refractivity contribution in [1.29, 1.82) is 0 Å². The highest BCUT2D eigenvalue weighted by Gasteiger charge is 2.53. The highest BCUT2D eigenvalue weighted by atomic mass is 19.4. The molecule has 1 saturated carbocycles. The molecule has 1 aliphatic carbocycles. The van der Waals surface area contributed by atoms with E-state index in [1.165, 1.54) is 13.2 Å². The third kappa shape index (κ3) is 2.20. The van der Waals surface area contributed by atoms with Gasteiger partial charge in [0.05, 0.1) is 12.7 Å². The number of hydrogen-bond donors (Lipinski definition) is 1. The summed E-state index contributed by atoms with van der Waals surface area (Å²) in [5, 5.41) is 0. The van der Waals surface area contributed by atoms with Crippen LogP contribution in [0.5, 0.6) is 5.75 Å². The van der Waals surface area contributed by atoms with Crippen LogP contribution < -0.4 is 10.5 Å². The van der Waals surface area contributed by atoms with E-state index in [2.05, 4.69) is 0 Å². The Bertz CT molecular complexity index is 490. The van der Waals surface area contributed by atoms with E-state index in [4.69, 9.17) is 10.5 Å². The van der Waals surface area contributed by atoms with Gasteiger partial charge in [0.25, 0.3) is 0 Å². The first-order chi connectivity index (χ1) is 8.63. The molecule has 0 atom stereocenters. The van der Waals surface area contributed by atoms with Crippen molar-refractivity contribution in [3.63, 3.8) is 0 Å². The number of nitrogens with two attached hydrogens (primary N) is 1. The van der Waals surface area contributed by atoms with Crippen molar-refractivity contribution in [2.75, 3.05) is 7.11 Å². The van der Waals surface area contributed by atoms with Gasteiger partial charge in [-0.05, 0) is 18.9 Å². The third-order valence-electron chi connectivity index (χ3n) is 4.23. The molecule has 1 aromatic rings. The van der Waals surface area contributed by atoms with Gasteiger partial charge in [-0.2, -0.15) is 13.2 Å². The zero-order chi connectivity index (χ0) is 14.5. The Morgan fingerprint density at radius 1 is 1.16 bits per heavy atom. The van der Waals surface area contributed by atoms with Crippen molar-refractivity contribution in [3.8, 4) is 5.75 Å². The summed E-state index contributed by atoms with van der Waals surface area (Å²) in [6.07, 6.45) is -2.79. The fraction of sp³-hybridized carbons (Fsp3) is 0.571. The highest BCUT2D eigenvalue weighted by Crippen LogP contribution is 2.52. The van der Waals surface area contributed by atoms with Gasteiger partial charge in [-0.15, -0.1) is 0 Å². The van der Waals surface area contributed by atoms with Crippen molar-refractivity contribution < 1.29 is 17.9 Å². The largest absolute Gasteiger partial charge is 0.496 e. The van der Waals surface area contributed by atoms with Crippen LogP contribution in [0.15, 0.2) is 18.2 Å². The first-order valence-electron chi connectivity index (χ1n) is 6.17. The number of para-hydroxylation sites is 1. The van der Waals surface area contributed by atoms with E-state index in [1.807, 2.05) is 13.8 Å². The van der Waals surface area contributed by atoms with Crippen LogP contribution in [0.3, 0.4) is 0 Å². The van der Waals surface area contributed by atoms with Crippen LogP contribution in [-0.4, -0.2) is 12.6 Å². The van der Waals surface area contributed by atoms with E-state index < -0.39 is 22.7 Å². The molecule has 1 aliphatic rings. The molecular formula is C14H18F3NO. The summed E-state index contributed by atoms with van der Waals surface area (Å²) in [5.74, 6) is -0.114. The standard InChI is InChI=1S/C14H18F3NO/c1-12(2,13(18)7-8-13)9-5-4-6-10(11(9)19-3)14(15,16)17/h4-6H,7-8,18H2,1-3H3. The quantitative estimate of drug-likeness (QED) is 0.915. The second kappa shape index (κ2) is 4.13. The fourth-order valence-electron chi connectivity index (χ4n) is 2.50. The number of halogens is 3. The molecule has 2 nitrogen and oxygen atoms in total. The summed E-state index contributed by atoms with van der Waals surface area (Å²) in [4.78, 5) is 0. The zero-order valence-electron chi connectivity index (χ0n) is 11.3. The number of hydrogen-bond acceptors (Lipinski definition) is 2. The molecule has 0 aliphatic heterocycles. The SMILES string of the molecule is COc1c(C(F)(F)F)cccc1C(C)(C)C1(N)CC1. The van der Waals surface area contributed by atoms with Crippen molar-refractivity contribution in [2.45, 2.75) is 43.8 Å². The lowest BCUT2D eigenvalue weighted by Gasteiger charge is -2.34. The first kappa shape index (κ1) is 14.2. The molecule has 0 aromatic heterocycles. The van der Waals surface area contributed by atoms with Crippen LogP contribution in [0.1, 0.15) is 37.8 Å². The number of methoxy groups -OCH3 is 1. The van der Waals surface area contributed by atoms with Gasteiger partial charge in [0, 0.05) is 16.5 Å². The third-order valence-corrected chi connectivity index (χ3v) is 4.23. The normalized spacial score (nSPS) is 18.3. The number of ether oxygens (including phenoxy) is 1. The van der Waals surface area contributed by atoms with Gasteiger partial charge in [-0.3, -0.25) is 0 Å². The Morgan fingerprint density at radius 2 is 1.68 bits per heavy atom. The van der Waals surface area contributed by atoms with Gasteiger partial charge in [0.15, 0.2) is 0 Å². The molecule has 2 N–H and O–H groups in total. The van der Waals surface area contributed by atoms with Crippen molar-refractivity contribution in [3.05, 3.63) is 29.3 Å². The lowest BCUT2D eigenvalue weighted by Crippen LogP contribution is -2.43. The lowest BCUT2D eigenvalue weighted by atomic mass is 9.75. The summed E-state index contributed by atoms with van der Waals surface area (Å²) in [6, 6.07) is 4.11. The maximum Gasteiger partial charge on any atom is 0.419 e. The molecule has 1 aromatic carbocycles. The van der Waals surface area contributed by atoms with Gasteiger partial charge in [0.2, 0.25) is 0 Å². The van der Waals surface area contributed by atoms with Gasteiger partial charge in [-0.25, -0.2) is 0 Å². The van der Waals surface area contributed by atoms with Gasteiger partial charge in [0.1, 0.15) is 5.75 Å². The Kier molecular flexibility index (Phi) is 3.08. The molecule has 0 saturated heterocycles. The minimum absolute atomic E-state index is 0.114. The number of rotatable bonds is 3. The highest BCUT2D eigenvalue weighted by molar-refractivity contribution is 5.49. The second-order valence-electron chi connectivity index (χ2n) is 5.67. The summed E-state index contributed by atoms with van der Waals surface area (Å²) < 4.78 is 44.1. The molecule has 0 amide bonds. The summed E-state index contributed by atoms with van der Waals surface area (Å²) >= 11 is 0. The maximum absolute atomic E-state index is 13.0. The second-order valence-corrected chi connectivity index (χ2v) is 5.67. The Labute approximate surface area is 110 Å². The maximum atomic E-state index is 13.0. The van der Waals surface area contributed by atoms with E-state index in [1.54, 1.807) is 6.07 Å². The average molecular weight is 273 g/mol. The number of alkyl halides is 3. The van der Waals surface area contributed by atoms with Crippen LogP contribution in [-0.2, 0) is 11.6 Å². The van der Waals surface area contributed by atoms with E-state index in [9.17, 15) is 13.2 Å². The van der Waals surface area contributed by atoms with Crippen LogP contribution in [0.2, 0.25) is 0 Å². The molecule has 0 bridgehead atoms. The molecule has 1 fully saturated rings. The molecule has 0 spiro atoms. The van der Waals surface area contributed by atoms with Crippen molar-refractivity contribution in [1.82, 2.24) is 0 Å². The van der Waals surface area contributed by atoms with Crippen LogP contribution >= 0.6 is 0 Å². The summed E-state index contributed by atoms with van der Waals surface area (Å²) in [5.41, 5.74) is 4.98. The van der Waals surface area contributed by atoms with E-state index in [-0.39, 0.29) is 5.75 Å². The Hall–Kier alpha value is -1.23. The van der Waals surface area contributed by atoms with Crippen molar-refractivity contribution in [2.24, 2.45) is 5.73 Å². The minimum Gasteiger partial charge on any atom is -0.496 e. The van der Waals surface area contributed by atoms with Crippen molar-refractivity contribution >= 4 is 0 Å². The Balaban J connectivity index is 2.59. The monoisotopic (exact) mass is 273 g/mol. The summed E-state index contributed by atoms with van der Waals surface area (Å²) in [6.45, 7) is 3.75. The fourth-order valence-corrected chi connectivity index (χ4v) is 2.50. The molecule has 2 rings (SSSR count). The summed E-state index contributed by atoms with van der Waals surface area (Å²) in [7, 11) is 1.26. The number of benzene rings is 1. The zero-order valence-corrected chi connectivity index (χ0v) is 11.3. The molecule has 0 unspecified atom stereocenters. The molecule has 19 heavy (non-hydrogen) atoms. The lowest BCUT2D eigenvalue weighted by molar-refractivity contribution is -0.138. The molecule has 0 radical (unpaired) electrons. The van der Waals surface area contributed by atoms with Gasteiger partial charge < -0.3 is 10.5 Å². The van der Waals surface area contributed by atoms with E-state index >= 15 is 0 Å². The van der Waals surface area contributed by atoms with E-state index in [0.717, 1.165) is 18.9 Å². The molecule has 0 heterocycles. The molecule has 106 valence electrons. The molecular weight excluding hydrogens is 255 g/mol. The first-order valence-corrected chi connectivity index (χ1v) is 6.17. The predicted octanol–water partition coefficient (Wildman–Crippen LogP) is 3.48. The van der Waals surface area contributed by atoms with Gasteiger partial charge in [-0.1, -0.05) is 26.0 Å². The van der Waals surface area contributed by atoms with Crippen LogP contribution in [0.4, 0.5) is 13.2 Å². The van der Waals surface area contributed by atoms with Gasteiger partial charge >= 0.3 is 6.18 Å². The average Bonchev–Trinajstić information content (AvgIpc) is 3.06. The van der Waals surface area contributed by atoms with E-state index in [0.29, 0.717) is 5.56 Å². The molecule has 5 heteroatoms. The van der Waals surface area contributed by atoms with Crippen LogP contribution in [0, 0.1) is 0 Å². The Morgan fingerprint density at radius 3 is 2.11 bits per heavy atom. The predicted molar refractivity (Wildman–Crippen MR) is 67.2 cm³/mol.